The van der Waals surface area contributed by atoms with Gasteiger partial charge in [-0.25, -0.2) is 0 Å². The van der Waals surface area contributed by atoms with Crippen molar-refractivity contribution in [3.8, 4) is 0 Å². The summed E-state index contributed by atoms with van der Waals surface area (Å²) >= 11 is 0. The second-order valence-corrected chi connectivity index (χ2v) is 5.71. The lowest BCUT2D eigenvalue weighted by atomic mass is 9.96. The maximum atomic E-state index is 13.2. The Bertz CT molecular complexity index is 543. The van der Waals surface area contributed by atoms with Crippen LogP contribution >= 0.6 is 0 Å². The van der Waals surface area contributed by atoms with Gasteiger partial charge in [0.25, 0.3) is 0 Å². The fourth-order valence-corrected chi connectivity index (χ4v) is 2.82. The first-order valence-corrected chi connectivity index (χ1v) is 7.41. The molecule has 23 heavy (non-hydrogen) atoms. The van der Waals surface area contributed by atoms with Gasteiger partial charge in [0.15, 0.2) is 0 Å². The van der Waals surface area contributed by atoms with E-state index < -0.39 is 24.2 Å². The summed E-state index contributed by atoms with van der Waals surface area (Å²) in [4.78, 5) is 24.2. The molecule has 128 valence electrons. The third-order valence-electron chi connectivity index (χ3n) is 3.90. The minimum atomic E-state index is -4.47. The largest absolute Gasteiger partial charge is 0.472 e. The fourth-order valence-electron chi connectivity index (χ4n) is 2.82. The number of carbonyl (C=O) groups is 2. The van der Waals surface area contributed by atoms with Crippen LogP contribution in [0.5, 0.6) is 0 Å². The van der Waals surface area contributed by atoms with Gasteiger partial charge in [0.05, 0.1) is 12.5 Å². The molecule has 1 saturated heterocycles. The van der Waals surface area contributed by atoms with Gasteiger partial charge in [0.1, 0.15) is 6.04 Å². The smallest absolute Gasteiger partial charge is 0.408 e. The third kappa shape index (κ3) is 4.74. The Morgan fingerprint density at radius 1 is 1.39 bits per heavy atom. The monoisotopic (exact) mass is 332 g/mol. The zero-order valence-electron chi connectivity index (χ0n) is 12.7. The molecular formula is C15H19F3N2O3. The fraction of sp³-hybridized carbons (Fsp3) is 0.600. The van der Waals surface area contributed by atoms with Crippen molar-refractivity contribution >= 4 is 11.8 Å². The van der Waals surface area contributed by atoms with Crippen LogP contribution in [-0.2, 0) is 16.0 Å². The van der Waals surface area contributed by atoms with Crippen molar-refractivity contribution < 1.29 is 27.2 Å². The quantitative estimate of drug-likeness (QED) is 0.920. The number of aryl methyl sites for hydroxylation is 1. The first-order chi connectivity index (χ1) is 10.8. The van der Waals surface area contributed by atoms with Crippen LogP contribution in [0.15, 0.2) is 23.0 Å². The van der Waals surface area contributed by atoms with Gasteiger partial charge in [0, 0.05) is 25.9 Å². The van der Waals surface area contributed by atoms with E-state index in [-0.39, 0.29) is 31.7 Å². The van der Waals surface area contributed by atoms with E-state index in [1.54, 1.807) is 6.07 Å². The van der Waals surface area contributed by atoms with Crippen LogP contribution in [-0.4, -0.2) is 41.5 Å². The van der Waals surface area contributed by atoms with E-state index >= 15 is 0 Å². The van der Waals surface area contributed by atoms with Crippen LogP contribution < -0.4 is 5.32 Å². The lowest BCUT2D eigenvalue weighted by Crippen LogP contribution is -2.58. The molecule has 8 heteroatoms. The molecule has 0 spiro atoms. The van der Waals surface area contributed by atoms with E-state index in [9.17, 15) is 22.8 Å². The molecule has 2 heterocycles. The first-order valence-electron chi connectivity index (χ1n) is 7.41. The number of rotatable bonds is 4. The predicted octanol–water partition coefficient (Wildman–Crippen LogP) is 2.27. The van der Waals surface area contributed by atoms with Crippen molar-refractivity contribution in [3.05, 3.63) is 24.2 Å². The Balaban J connectivity index is 2.04. The second kappa shape index (κ2) is 7.06. The lowest BCUT2D eigenvalue weighted by molar-refractivity contribution is -0.197. The molecule has 0 aromatic carbocycles. The SMILES string of the molecule is CC(=O)N[C@H]1CC[C@@H](C(F)(F)F)N(C(=O)CCc2ccoc2)C1. The molecule has 1 aliphatic rings. The Kier molecular flexibility index (Phi) is 5.33. The summed E-state index contributed by atoms with van der Waals surface area (Å²) in [6.07, 6.45) is -1.26. The molecule has 0 bridgehead atoms. The van der Waals surface area contributed by atoms with Gasteiger partial charge in [-0.1, -0.05) is 0 Å². The van der Waals surface area contributed by atoms with Crippen LogP contribution in [0.2, 0.25) is 0 Å². The zero-order chi connectivity index (χ0) is 17.0. The van der Waals surface area contributed by atoms with Crippen molar-refractivity contribution in [2.45, 2.75) is 50.9 Å². The Morgan fingerprint density at radius 3 is 2.70 bits per heavy atom. The molecule has 2 amide bonds. The maximum Gasteiger partial charge on any atom is 0.408 e. The van der Waals surface area contributed by atoms with E-state index in [1.807, 2.05) is 0 Å². The highest BCUT2D eigenvalue weighted by Gasteiger charge is 2.47. The minimum Gasteiger partial charge on any atom is -0.472 e. The van der Waals surface area contributed by atoms with Gasteiger partial charge >= 0.3 is 6.18 Å². The summed E-state index contributed by atoms with van der Waals surface area (Å²) in [5.41, 5.74) is 0.761. The molecule has 1 N–H and O–H groups in total. The summed E-state index contributed by atoms with van der Waals surface area (Å²) in [5.74, 6) is -0.880. The predicted molar refractivity (Wildman–Crippen MR) is 75.4 cm³/mol. The number of likely N-dealkylation sites (tertiary alicyclic amines) is 1. The minimum absolute atomic E-state index is 0.0289. The molecule has 0 radical (unpaired) electrons. The van der Waals surface area contributed by atoms with Gasteiger partial charge in [-0.15, -0.1) is 0 Å². The highest BCUT2D eigenvalue weighted by atomic mass is 19.4. The van der Waals surface area contributed by atoms with E-state index in [0.717, 1.165) is 10.5 Å². The topological polar surface area (TPSA) is 62.6 Å². The number of hydrogen-bond donors (Lipinski definition) is 1. The summed E-state index contributed by atoms with van der Waals surface area (Å²) in [6.45, 7) is 1.19. The number of amides is 2. The molecule has 1 aromatic rings. The molecule has 1 aliphatic heterocycles. The summed E-state index contributed by atoms with van der Waals surface area (Å²) < 4.78 is 44.4. The van der Waals surface area contributed by atoms with Crippen LogP contribution in [0.4, 0.5) is 13.2 Å². The van der Waals surface area contributed by atoms with E-state index in [0.29, 0.717) is 6.42 Å². The van der Waals surface area contributed by atoms with Crippen LogP contribution in [0.25, 0.3) is 0 Å². The van der Waals surface area contributed by atoms with Crippen molar-refractivity contribution in [2.75, 3.05) is 6.54 Å². The normalized spacial score (nSPS) is 22.0. The van der Waals surface area contributed by atoms with Crippen molar-refractivity contribution in [1.29, 1.82) is 0 Å². The van der Waals surface area contributed by atoms with Crippen LogP contribution in [0.3, 0.4) is 0 Å². The van der Waals surface area contributed by atoms with Gasteiger partial charge in [0.2, 0.25) is 11.8 Å². The van der Waals surface area contributed by atoms with Crippen molar-refractivity contribution in [2.24, 2.45) is 0 Å². The standard InChI is InChI=1S/C15H19F3N2O3/c1-10(21)19-12-3-4-13(15(16,17)18)20(8-12)14(22)5-2-11-6-7-23-9-11/h6-7,9,12-13H,2-5,8H2,1H3,(H,19,21)/t12-,13-/m0/s1. The van der Waals surface area contributed by atoms with Crippen molar-refractivity contribution in [3.63, 3.8) is 0 Å². The third-order valence-corrected chi connectivity index (χ3v) is 3.90. The summed E-state index contributed by atoms with van der Waals surface area (Å²) in [5, 5.41) is 2.59. The first kappa shape index (κ1) is 17.4. The zero-order valence-corrected chi connectivity index (χ0v) is 12.7. The molecule has 5 nitrogen and oxygen atoms in total. The maximum absolute atomic E-state index is 13.2. The van der Waals surface area contributed by atoms with Crippen molar-refractivity contribution in [1.82, 2.24) is 10.2 Å². The van der Waals surface area contributed by atoms with E-state index in [1.165, 1.54) is 19.5 Å². The number of nitrogens with zero attached hydrogens (tertiary/aromatic N) is 1. The Morgan fingerprint density at radius 2 is 2.13 bits per heavy atom. The average Bonchev–Trinajstić information content (AvgIpc) is 2.96. The van der Waals surface area contributed by atoms with E-state index in [4.69, 9.17) is 4.42 Å². The lowest BCUT2D eigenvalue weighted by Gasteiger charge is -2.40. The highest BCUT2D eigenvalue weighted by Crippen LogP contribution is 2.32. The van der Waals surface area contributed by atoms with Crippen LogP contribution in [0, 0.1) is 0 Å². The summed E-state index contributed by atoms with van der Waals surface area (Å²) in [6, 6.07) is -0.557. The number of nitrogens with one attached hydrogen (secondary N) is 1. The molecule has 0 saturated carbocycles. The number of hydrogen-bond acceptors (Lipinski definition) is 3. The number of furan rings is 1. The number of piperidine rings is 1. The molecule has 0 unspecified atom stereocenters. The Hall–Kier alpha value is -1.99. The van der Waals surface area contributed by atoms with Gasteiger partial charge in [-0.3, -0.25) is 9.59 Å². The molecule has 2 atom stereocenters. The molecule has 1 fully saturated rings. The van der Waals surface area contributed by atoms with Gasteiger partial charge in [-0.05, 0) is 30.9 Å². The van der Waals surface area contributed by atoms with Gasteiger partial charge < -0.3 is 14.6 Å². The molecular weight excluding hydrogens is 313 g/mol. The number of alkyl halides is 3. The van der Waals surface area contributed by atoms with Gasteiger partial charge in [-0.2, -0.15) is 13.2 Å². The van der Waals surface area contributed by atoms with Crippen LogP contribution in [0.1, 0.15) is 31.7 Å². The average molecular weight is 332 g/mol. The summed E-state index contributed by atoms with van der Waals surface area (Å²) in [7, 11) is 0. The number of carbonyl (C=O) groups excluding carboxylic acids is 2. The second-order valence-electron chi connectivity index (χ2n) is 5.71. The van der Waals surface area contributed by atoms with E-state index in [2.05, 4.69) is 5.32 Å². The molecule has 2 rings (SSSR count). The molecule has 1 aromatic heterocycles. The highest BCUT2D eigenvalue weighted by molar-refractivity contribution is 5.77. The molecule has 0 aliphatic carbocycles. The Labute approximate surface area is 131 Å². The number of halogens is 3.